The van der Waals surface area contributed by atoms with Gasteiger partial charge in [-0.3, -0.25) is 14.4 Å². The van der Waals surface area contributed by atoms with Gasteiger partial charge in [0.05, 0.1) is 11.5 Å². The summed E-state index contributed by atoms with van der Waals surface area (Å²) in [5.74, 6) is -0.243. The Hall–Kier alpha value is -2.81. The summed E-state index contributed by atoms with van der Waals surface area (Å²) in [7, 11) is 0. The highest BCUT2D eigenvalue weighted by Gasteiger charge is 2.20. The van der Waals surface area contributed by atoms with Gasteiger partial charge in [-0.25, -0.2) is 0 Å². The number of rotatable bonds is 9. The van der Waals surface area contributed by atoms with Crippen LogP contribution in [-0.4, -0.2) is 47.1 Å². The molecule has 1 heterocycles. The van der Waals surface area contributed by atoms with Crippen LogP contribution in [0.4, 0.5) is 11.5 Å². The quantitative estimate of drug-likeness (QED) is 0.640. The van der Waals surface area contributed by atoms with Gasteiger partial charge in [0.25, 0.3) is 5.91 Å². The standard InChI is InChI=1S/C19H23N3O5S/c1-13(2)22(15-7-5-4-6-8-15)18(24)10-26-19(25)12-28-11-17(23)20-16-9-14(3)27-21-16/h4-9,13H,10-12H2,1-3H3,(H,20,21,23). The number of thioether (sulfide) groups is 1. The average molecular weight is 405 g/mol. The van der Waals surface area contributed by atoms with E-state index in [4.69, 9.17) is 9.26 Å². The predicted molar refractivity (Wildman–Crippen MR) is 107 cm³/mol. The lowest BCUT2D eigenvalue weighted by Gasteiger charge is -2.26. The van der Waals surface area contributed by atoms with Crippen molar-refractivity contribution in [2.45, 2.75) is 26.8 Å². The van der Waals surface area contributed by atoms with E-state index in [1.54, 1.807) is 17.9 Å². The van der Waals surface area contributed by atoms with E-state index in [1.165, 1.54) is 0 Å². The topological polar surface area (TPSA) is 102 Å². The average Bonchev–Trinajstić information content (AvgIpc) is 3.05. The Morgan fingerprint density at radius 1 is 1.21 bits per heavy atom. The summed E-state index contributed by atoms with van der Waals surface area (Å²) in [6.45, 7) is 5.14. The number of carbonyl (C=O) groups excluding carboxylic acids is 3. The third kappa shape index (κ3) is 6.73. The second-order valence-corrected chi connectivity index (χ2v) is 7.20. The van der Waals surface area contributed by atoms with Gasteiger partial charge in [0, 0.05) is 17.8 Å². The molecule has 0 atom stereocenters. The number of hydrogen-bond acceptors (Lipinski definition) is 7. The molecule has 0 bridgehead atoms. The summed E-state index contributed by atoms with van der Waals surface area (Å²) in [4.78, 5) is 37.6. The number of aryl methyl sites for hydroxylation is 1. The molecule has 9 heteroatoms. The number of esters is 1. The first-order chi connectivity index (χ1) is 13.4. The van der Waals surface area contributed by atoms with Crippen LogP contribution >= 0.6 is 11.8 Å². The summed E-state index contributed by atoms with van der Waals surface area (Å²) in [6, 6.07) is 10.7. The number of carbonyl (C=O) groups is 3. The van der Waals surface area contributed by atoms with Crippen molar-refractivity contribution >= 4 is 41.1 Å². The van der Waals surface area contributed by atoms with Gasteiger partial charge in [-0.2, -0.15) is 0 Å². The summed E-state index contributed by atoms with van der Waals surface area (Å²) >= 11 is 1.09. The monoisotopic (exact) mass is 405 g/mol. The lowest BCUT2D eigenvalue weighted by Crippen LogP contribution is -2.40. The van der Waals surface area contributed by atoms with Gasteiger partial charge in [0.2, 0.25) is 5.91 Å². The van der Waals surface area contributed by atoms with Crippen LogP contribution in [0.1, 0.15) is 19.6 Å². The first-order valence-electron chi connectivity index (χ1n) is 8.70. The van der Waals surface area contributed by atoms with Crippen molar-refractivity contribution in [2.75, 3.05) is 28.3 Å². The fourth-order valence-corrected chi connectivity index (χ4v) is 3.01. The lowest BCUT2D eigenvalue weighted by atomic mass is 10.2. The summed E-state index contributed by atoms with van der Waals surface area (Å²) < 4.78 is 9.90. The van der Waals surface area contributed by atoms with E-state index in [-0.39, 0.29) is 36.0 Å². The van der Waals surface area contributed by atoms with Crippen LogP contribution in [0.3, 0.4) is 0 Å². The Morgan fingerprint density at radius 3 is 2.54 bits per heavy atom. The molecule has 0 aliphatic heterocycles. The molecule has 2 amide bonds. The number of nitrogens with zero attached hydrogens (tertiary/aromatic N) is 2. The Labute approximate surface area is 167 Å². The normalized spacial score (nSPS) is 10.6. The van der Waals surface area contributed by atoms with Crippen LogP contribution in [0.25, 0.3) is 0 Å². The van der Waals surface area contributed by atoms with Crippen LogP contribution < -0.4 is 10.2 Å². The molecule has 28 heavy (non-hydrogen) atoms. The Morgan fingerprint density at radius 2 is 1.93 bits per heavy atom. The highest BCUT2D eigenvalue weighted by Crippen LogP contribution is 2.17. The number of ether oxygens (including phenoxy) is 1. The molecule has 8 nitrogen and oxygen atoms in total. The third-order valence-corrected chi connectivity index (χ3v) is 4.43. The molecule has 2 rings (SSSR count). The highest BCUT2D eigenvalue weighted by molar-refractivity contribution is 8.00. The van der Waals surface area contributed by atoms with Crippen LogP contribution in [0, 0.1) is 6.92 Å². The van der Waals surface area contributed by atoms with Crippen molar-refractivity contribution in [3.05, 3.63) is 42.2 Å². The van der Waals surface area contributed by atoms with Crippen LogP contribution in [0.2, 0.25) is 0 Å². The second-order valence-electron chi connectivity index (χ2n) is 6.22. The van der Waals surface area contributed by atoms with Crippen molar-refractivity contribution < 1.29 is 23.6 Å². The maximum absolute atomic E-state index is 12.4. The number of amides is 2. The fraction of sp³-hybridized carbons (Fsp3) is 0.368. The smallest absolute Gasteiger partial charge is 0.316 e. The molecule has 0 saturated heterocycles. The van der Waals surface area contributed by atoms with E-state index >= 15 is 0 Å². The molecule has 0 spiro atoms. The Bertz CT molecular complexity index is 807. The number of hydrogen-bond donors (Lipinski definition) is 1. The largest absolute Gasteiger partial charge is 0.455 e. The molecule has 0 aliphatic rings. The maximum atomic E-state index is 12.4. The first-order valence-corrected chi connectivity index (χ1v) is 9.86. The van der Waals surface area contributed by atoms with E-state index in [0.717, 1.165) is 17.4 Å². The molecule has 150 valence electrons. The third-order valence-electron chi connectivity index (χ3n) is 3.52. The summed E-state index contributed by atoms with van der Waals surface area (Å²) in [5.41, 5.74) is 0.743. The molecule has 0 aliphatic carbocycles. The lowest BCUT2D eigenvalue weighted by molar-refractivity contribution is -0.145. The predicted octanol–water partition coefficient (Wildman–Crippen LogP) is 2.64. The minimum absolute atomic E-state index is 0.0362. The number of benzene rings is 1. The van der Waals surface area contributed by atoms with Gasteiger partial charge < -0.3 is 19.5 Å². The van der Waals surface area contributed by atoms with E-state index in [2.05, 4.69) is 10.5 Å². The number of nitrogens with one attached hydrogen (secondary N) is 1. The van der Waals surface area contributed by atoms with Crippen molar-refractivity contribution in [1.29, 1.82) is 0 Å². The number of aromatic nitrogens is 1. The first kappa shape index (κ1) is 21.5. The minimum atomic E-state index is -0.555. The van der Waals surface area contributed by atoms with Gasteiger partial charge >= 0.3 is 5.97 Å². The maximum Gasteiger partial charge on any atom is 0.316 e. The van der Waals surface area contributed by atoms with Crippen LogP contribution in [0.15, 0.2) is 40.9 Å². The van der Waals surface area contributed by atoms with E-state index in [0.29, 0.717) is 11.6 Å². The zero-order chi connectivity index (χ0) is 20.5. The molecular weight excluding hydrogens is 382 g/mol. The molecule has 0 fully saturated rings. The molecule has 0 radical (unpaired) electrons. The second kappa shape index (κ2) is 10.5. The van der Waals surface area contributed by atoms with Gasteiger partial charge in [0.1, 0.15) is 5.76 Å². The molecule has 1 N–H and O–H groups in total. The summed E-state index contributed by atoms with van der Waals surface area (Å²) in [6.07, 6.45) is 0. The molecule has 0 unspecified atom stereocenters. The number of anilines is 2. The van der Waals surface area contributed by atoms with Crippen molar-refractivity contribution in [1.82, 2.24) is 5.16 Å². The molecule has 1 aromatic heterocycles. The Kier molecular flexibility index (Phi) is 8.06. The molecule has 0 saturated carbocycles. The van der Waals surface area contributed by atoms with Crippen molar-refractivity contribution in [2.24, 2.45) is 0 Å². The van der Waals surface area contributed by atoms with E-state index in [9.17, 15) is 14.4 Å². The van der Waals surface area contributed by atoms with Gasteiger partial charge in [-0.05, 0) is 32.9 Å². The minimum Gasteiger partial charge on any atom is -0.455 e. The van der Waals surface area contributed by atoms with E-state index < -0.39 is 5.97 Å². The zero-order valence-corrected chi connectivity index (χ0v) is 16.8. The fourth-order valence-electron chi connectivity index (χ4n) is 2.40. The zero-order valence-electron chi connectivity index (χ0n) is 16.0. The molecular formula is C19H23N3O5S. The number of para-hydroxylation sites is 1. The van der Waals surface area contributed by atoms with Crippen molar-refractivity contribution in [3.63, 3.8) is 0 Å². The van der Waals surface area contributed by atoms with Gasteiger partial charge in [-0.15, -0.1) is 11.8 Å². The Balaban J connectivity index is 1.72. The molecule has 1 aromatic carbocycles. The summed E-state index contributed by atoms with van der Waals surface area (Å²) in [5, 5.41) is 6.21. The van der Waals surface area contributed by atoms with Crippen LogP contribution in [0.5, 0.6) is 0 Å². The van der Waals surface area contributed by atoms with Crippen LogP contribution in [-0.2, 0) is 19.1 Å². The van der Waals surface area contributed by atoms with Crippen molar-refractivity contribution in [3.8, 4) is 0 Å². The SMILES string of the molecule is Cc1cc(NC(=O)CSCC(=O)OCC(=O)N(c2ccccc2)C(C)C)no1. The van der Waals surface area contributed by atoms with E-state index in [1.807, 2.05) is 44.2 Å². The molecule has 2 aromatic rings. The van der Waals surface area contributed by atoms with Gasteiger partial charge in [-0.1, -0.05) is 23.4 Å². The van der Waals surface area contributed by atoms with Gasteiger partial charge in [0.15, 0.2) is 12.4 Å². The highest BCUT2D eigenvalue weighted by atomic mass is 32.2.